The van der Waals surface area contributed by atoms with Gasteiger partial charge in [-0.1, -0.05) is 6.92 Å². The molecular weight excluding hydrogens is 220 g/mol. The van der Waals surface area contributed by atoms with Crippen molar-refractivity contribution >= 4 is 17.2 Å². The van der Waals surface area contributed by atoms with Crippen LogP contribution in [0.5, 0.6) is 0 Å². The third-order valence-corrected chi connectivity index (χ3v) is 3.86. The van der Waals surface area contributed by atoms with E-state index in [4.69, 9.17) is 5.26 Å². The Morgan fingerprint density at radius 2 is 2.38 bits per heavy atom. The molecule has 3 nitrogen and oxygen atoms in total. The van der Waals surface area contributed by atoms with E-state index in [1.54, 1.807) is 18.3 Å². The lowest BCUT2D eigenvalue weighted by atomic mass is 9.88. The summed E-state index contributed by atoms with van der Waals surface area (Å²) in [5, 5.41) is 13.8. The van der Waals surface area contributed by atoms with Gasteiger partial charge in [-0.25, -0.2) is 0 Å². The maximum Gasteiger partial charge on any atom is 0.240 e. The largest absolute Gasteiger partial charge is 0.350 e. The number of hydrogen-bond acceptors (Lipinski definition) is 3. The van der Waals surface area contributed by atoms with E-state index in [0.717, 1.165) is 4.88 Å². The fourth-order valence-corrected chi connectivity index (χ4v) is 2.08. The molecule has 0 saturated heterocycles. The summed E-state index contributed by atoms with van der Waals surface area (Å²) in [6.45, 7) is 6.05. The summed E-state index contributed by atoms with van der Waals surface area (Å²) in [6.07, 6.45) is 0.527. The zero-order valence-corrected chi connectivity index (χ0v) is 10.6. The van der Waals surface area contributed by atoms with Crippen LogP contribution in [0.15, 0.2) is 11.4 Å². The van der Waals surface area contributed by atoms with Crippen molar-refractivity contribution in [2.45, 2.75) is 33.7 Å². The van der Waals surface area contributed by atoms with E-state index >= 15 is 0 Å². The van der Waals surface area contributed by atoms with E-state index in [-0.39, 0.29) is 5.91 Å². The molecule has 1 aromatic rings. The summed E-state index contributed by atoms with van der Waals surface area (Å²) in [5.41, 5.74) is 0.269. The lowest BCUT2D eigenvalue weighted by Crippen LogP contribution is -2.37. The Balaban J connectivity index is 2.61. The van der Waals surface area contributed by atoms with Gasteiger partial charge in [-0.15, -0.1) is 11.3 Å². The smallest absolute Gasteiger partial charge is 0.240 e. The third-order valence-electron chi connectivity index (χ3n) is 2.83. The van der Waals surface area contributed by atoms with E-state index < -0.39 is 5.41 Å². The van der Waals surface area contributed by atoms with Crippen molar-refractivity contribution in [3.05, 3.63) is 21.9 Å². The van der Waals surface area contributed by atoms with Crippen molar-refractivity contribution in [1.29, 1.82) is 5.26 Å². The number of thiophene rings is 1. The molecule has 0 radical (unpaired) electrons. The molecule has 1 atom stereocenters. The highest BCUT2D eigenvalue weighted by Crippen LogP contribution is 2.21. The second-order valence-electron chi connectivity index (χ2n) is 4.01. The fraction of sp³-hybridized carbons (Fsp3) is 0.500. The Morgan fingerprint density at radius 1 is 1.69 bits per heavy atom. The molecule has 0 fully saturated rings. The Morgan fingerprint density at radius 3 is 2.81 bits per heavy atom. The predicted molar refractivity (Wildman–Crippen MR) is 64.9 cm³/mol. The molecule has 1 N–H and O–H groups in total. The standard InChI is InChI=1S/C12H16N2OS/c1-4-12(3,8-13)11(15)14-7-10-9(2)5-6-16-10/h5-6H,4,7H2,1-3H3,(H,14,15). The molecule has 1 rings (SSSR count). The predicted octanol–water partition coefficient (Wildman–Crippen LogP) is 2.61. The lowest BCUT2D eigenvalue weighted by molar-refractivity contribution is -0.127. The molecule has 0 aliphatic carbocycles. The first kappa shape index (κ1) is 12.7. The van der Waals surface area contributed by atoms with Gasteiger partial charge < -0.3 is 5.32 Å². The quantitative estimate of drug-likeness (QED) is 0.873. The Labute approximate surface area is 100 Å². The molecule has 86 valence electrons. The van der Waals surface area contributed by atoms with Crippen LogP contribution in [0.3, 0.4) is 0 Å². The Kier molecular flexibility index (Phi) is 4.08. The van der Waals surface area contributed by atoms with Crippen molar-refractivity contribution in [1.82, 2.24) is 5.32 Å². The molecule has 0 spiro atoms. The molecular formula is C12H16N2OS. The first-order chi connectivity index (χ1) is 7.53. The first-order valence-electron chi connectivity index (χ1n) is 5.26. The number of carbonyl (C=O) groups is 1. The molecule has 0 aliphatic rings. The minimum atomic E-state index is -0.912. The Hall–Kier alpha value is -1.34. The Bertz CT molecular complexity index is 419. The number of nitrogens with zero attached hydrogens (tertiary/aromatic N) is 1. The molecule has 1 unspecified atom stereocenters. The molecule has 1 amide bonds. The molecule has 16 heavy (non-hydrogen) atoms. The van der Waals surface area contributed by atoms with E-state index in [1.165, 1.54) is 5.56 Å². The summed E-state index contributed by atoms with van der Waals surface area (Å²) in [4.78, 5) is 12.9. The highest BCUT2D eigenvalue weighted by Gasteiger charge is 2.30. The molecule has 0 saturated carbocycles. The van der Waals surface area contributed by atoms with Gasteiger partial charge in [-0.05, 0) is 37.3 Å². The van der Waals surface area contributed by atoms with Crippen LogP contribution >= 0.6 is 11.3 Å². The summed E-state index contributed by atoms with van der Waals surface area (Å²) in [7, 11) is 0. The van der Waals surface area contributed by atoms with Crippen molar-refractivity contribution in [2.24, 2.45) is 5.41 Å². The summed E-state index contributed by atoms with van der Waals surface area (Å²) < 4.78 is 0. The monoisotopic (exact) mass is 236 g/mol. The van der Waals surface area contributed by atoms with Crippen LogP contribution in [0.25, 0.3) is 0 Å². The molecule has 1 heterocycles. The van der Waals surface area contributed by atoms with Crippen LogP contribution in [0, 0.1) is 23.7 Å². The van der Waals surface area contributed by atoms with Gasteiger partial charge >= 0.3 is 0 Å². The average Bonchev–Trinajstić information content (AvgIpc) is 2.70. The fourth-order valence-electron chi connectivity index (χ4n) is 1.23. The van der Waals surface area contributed by atoms with Gasteiger partial charge in [0.15, 0.2) is 0 Å². The van der Waals surface area contributed by atoms with Gasteiger partial charge in [-0.2, -0.15) is 5.26 Å². The number of nitrogens with one attached hydrogen (secondary N) is 1. The first-order valence-corrected chi connectivity index (χ1v) is 6.14. The van der Waals surface area contributed by atoms with Gasteiger partial charge in [0.05, 0.1) is 12.6 Å². The molecule has 1 aromatic heterocycles. The highest BCUT2D eigenvalue weighted by molar-refractivity contribution is 7.10. The highest BCUT2D eigenvalue weighted by atomic mass is 32.1. The lowest BCUT2D eigenvalue weighted by Gasteiger charge is -2.18. The second kappa shape index (κ2) is 5.13. The zero-order valence-electron chi connectivity index (χ0n) is 9.83. The second-order valence-corrected chi connectivity index (χ2v) is 5.01. The average molecular weight is 236 g/mol. The van der Waals surface area contributed by atoms with Crippen LogP contribution in [0.4, 0.5) is 0 Å². The number of carbonyl (C=O) groups excluding carboxylic acids is 1. The van der Waals surface area contributed by atoms with Gasteiger partial charge in [0, 0.05) is 4.88 Å². The van der Waals surface area contributed by atoms with Gasteiger partial charge in [0.1, 0.15) is 5.41 Å². The van der Waals surface area contributed by atoms with Crippen LogP contribution in [-0.2, 0) is 11.3 Å². The van der Waals surface area contributed by atoms with E-state index in [1.807, 2.05) is 25.3 Å². The SMILES string of the molecule is CCC(C)(C#N)C(=O)NCc1sccc1C. The van der Waals surface area contributed by atoms with E-state index in [9.17, 15) is 4.79 Å². The number of amides is 1. The van der Waals surface area contributed by atoms with E-state index in [2.05, 4.69) is 11.4 Å². The zero-order chi connectivity index (χ0) is 12.2. The summed E-state index contributed by atoms with van der Waals surface area (Å²) >= 11 is 1.62. The summed E-state index contributed by atoms with van der Waals surface area (Å²) in [6, 6.07) is 4.09. The normalized spacial score (nSPS) is 13.9. The number of nitriles is 1. The summed E-state index contributed by atoms with van der Waals surface area (Å²) in [5.74, 6) is -0.190. The topological polar surface area (TPSA) is 52.9 Å². The molecule has 0 aliphatic heterocycles. The van der Waals surface area contributed by atoms with Gasteiger partial charge in [0.25, 0.3) is 0 Å². The maximum atomic E-state index is 11.8. The van der Waals surface area contributed by atoms with Crippen molar-refractivity contribution in [2.75, 3.05) is 0 Å². The number of rotatable bonds is 4. The molecule has 0 aromatic carbocycles. The molecule has 0 bridgehead atoms. The molecule has 4 heteroatoms. The van der Waals surface area contributed by atoms with E-state index in [0.29, 0.717) is 13.0 Å². The minimum absolute atomic E-state index is 0.190. The van der Waals surface area contributed by atoms with Crippen LogP contribution < -0.4 is 5.32 Å². The number of hydrogen-bond donors (Lipinski definition) is 1. The van der Waals surface area contributed by atoms with Crippen LogP contribution in [0.1, 0.15) is 30.7 Å². The van der Waals surface area contributed by atoms with Crippen LogP contribution in [0.2, 0.25) is 0 Å². The maximum absolute atomic E-state index is 11.8. The van der Waals surface area contributed by atoms with Crippen molar-refractivity contribution in [3.8, 4) is 6.07 Å². The van der Waals surface area contributed by atoms with Gasteiger partial charge in [0.2, 0.25) is 5.91 Å². The minimum Gasteiger partial charge on any atom is -0.350 e. The van der Waals surface area contributed by atoms with Crippen molar-refractivity contribution in [3.63, 3.8) is 0 Å². The van der Waals surface area contributed by atoms with Crippen LogP contribution in [-0.4, -0.2) is 5.91 Å². The van der Waals surface area contributed by atoms with Crippen molar-refractivity contribution < 1.29 is 4.79 Å². The van der Waals surface area contributed by atoms with Gasteiger partial charge in [-0.3, -0.25) is 4.79 Å². The number of aryl methyl sites for hydroxylation is 1. The third kappa shape index (κ3) is 2.61.